The van der Waals surface area contributed by atoms with Gasteiger partial charge in [-0.2, -0.15) is 0 Å². The molecule has 1 aromatic heterocycles. The Hall–Kier alpha value is -2.37. The SMILES string of the molecule is CC(C)(C)n1cc(CNc2ccccc2CC(N)=O)nn1. The van der Waals surface area contributed by atoms with Crippen molar-refractivity contribution in [3.63, 3.8) is 0 Å². The van der Waals surface area contributed by atoms with Crippen molar-refractivity contribution in [2.24, 2.45) is 5.73 Å². The first kappa shape index (κ1) is 15.0. The Morgan fingerprint density at radius 3 is 2.67 bits per heavy atom. The lowest BCUT2D eigenvalue weighted by molar-refractivity contribution is -0.117. The van der Waals surface area contributed by atoms with E-state index < -0.39 is 0 Å². The molecule has 1 heterocycles. The van der Waals surface area contributed by atoms with Gasteiger partial charge >= 0.3 is 0 Å². The molecule has 0 aliphatic heterocycles. The normalized spacial score (nSPS) is 11.4. The summed E-state index contributed by atoms with van der Waals surface area (Å²) in [7, 11) is 0. The zero-order chi connectivity index (χ0) is 15.5. The number of nitrogens with one attached hydrogen (secondary N) is 1. The minimum Gasteiger partial charge on any atom is -0.379 e. The van der Waals surface area contributed by atoms with E-state index in [0.717, 1.165) is 16.9 Å². The van der Waals surface area contributed by atoms with Gasteiger partial charge in [-0.25, -0.2) is 4.68 Å². The number of rotatable bonds is 5. The molecule has 3 N–H and O–H groups in total. The highest BCUT2D eigenvalue weighted by molar-refractivity contribution is 5.78. The molecule has 1 amide bonds. The van der Waals surface area contributed by atoms with E-state index in [1.807, 2.05) is 35.1 Å². The van der Waals surface area contributed by atoms with Crippen LogP contribution in [-0.2, 0) is 23.3 Å². The quantitative estimate of drug-likeness (QED) is 0.876. The smallest absolute Gasteiger partial charge is 0.221 e. The Kier molecular flexibility index (Phi) is 4.26. The number of para-hydroxylation sites is 1. The molecule has 6 heteroatoms. The topological polar surface area (TPSA) is 85.8 Å². The number of hydrogen-bond donors (Lipinski definition) is 2. The standard InChI is InChI=1S/C15H21N5O/c1-15(2,3)20-10-12(18-19-20)9-17-13-7-5-4-6-11(13)8-14(16)21/h4-7,10,17H,8-9H2,1-3H3,(H2,16,21). The highest BCUT2D eigenvalue weighted by Crippen LogP contribution is 2.17. The van der Waals surface area contributed by atoms with Crippen LogP contribution in [-0.4, -0.2) is 20.9 Å². The van der Waals surface area contributed by atoms with Gasteiger partial charge in [0.05, 0.1) is 24.7 Å². The number of hydrogen-bond acceptors (Lipinski definition) is 4. The summed E-state index contributed by atoms with van der Waals surface area (Å²) in [5.74, 6) is -0.345. The third-order valence-electron chi connectivity index (χ3n) is 3.07. The van der Waals surface area contributed by atoms with Crippen molar-refractivity contribution in [1.82, 2.24) is 15.0 Å². The summed E-state index contributed by atoms with van der Waals surface area (Å²) in [5.41, 5.74) is 7.79. The van der Waals surface area contributed by atoms with Crippen molar-refractivity contribution in [1.29, 1.82) is 0 Å². The zero-order valence-corrected chi connectivity index (χ0v) is 12.6. The Balaban J connectivity index is 2.06. The van der Waals surface area contributed by atoms with Crippen LogP contribution in [0.2, 0.25) is 0 Å². The number of primary amides is 1. The molecule has 0 fully saturated rings. The Labute approximate surface area is 124 Å². The monoisotopic (exact) mass is 287 g/mol. The summed E-state index contributed by atoms with van der Waals surface area (Å²) in [4.78, 5) is 11.1. The maximum Gasteiger partial charge on any atom is 0.221 e. The molecule has 0 radical (unpaired) electrons. The van der Waals surface area contributed by atoms with E-state index >= 15 is 0 Å². The van der Waals surface area contributed by atoms with Gasteiger partial charge in [-0.3, -0.25) is 4.79 Å². The van der Waals surface area contributed by atoms with Crippen LogP contribution >= 0.6 is 0 Å². The first-order valence-electron chi connectivity index (χ1n) is 6.88. The molecule has 2 aromatic rings. The maximum absolute atomic E-state index is 11.1. The lowest BCUT2D eigenvalue weighted by atomic mass is 10.1. The summed E-state index contributed by atoms with van der Waals surface area (Å²) < 4.78 is 1.83. The summed E-state index contributed by atoms with van der Waals surface area (Å²) in [6.07, 6.45) is 2.14. The number of nitrogens with zero attached hydrogens (tertiary/aromatic N) is 3. The number of carbonyl (C=O) groups is 1. The molecule has 0 saturated heterocycles. The first-order valence-corrected chi connectivity index (χ1v) is 6.88. The second kappa shape index (κ2) is 5.95. The Morgan fingerprint density at radius 1 is 1.33 bits per heavy atom. The largest absolute Gasteiger partial charge is 0.379 e. The molecule has 6 nitrogen and oxygen atoms in total. The lowest BCUT2D eigenvalue weighted by Gasteiger charge is -2.17. The van der Waals surface area contributed by atoms with Crippen molar-refractivity contribution >= 4 is 11.6 Å². The van der Waals surface area contributed by atoms with E-state index in [4.69, 9.17) is 5.73 Å². The van der Waals surface area contributed by atoms with E-state index in [-0.39, 0.29) is 17.9 Å². The summed E-state index contributed by atoms with van der Waals surface area (Å²) in [6, 6.07) is 7.61. The number of benzene rings is 1. The third kappa shape index (κ3) is 4.05. The highest BCUT2D eigenvalue weighted by atomic mass is 16.1. The minimum absolute atomic E-state index is 0.0882. The van der Waals surface area contributed by atoms with Crippen LogP contribution in [0.3, 0.4) is 0 Å². The fourth-order valence-electron chi connectivity index (χ4n) is 1.93. The minimum atomic E-state index is -0.345. The lowest BCUT2D eigenvalue weighted by Crippen LogP contribution is -2.22. The molecule has 0 aliphatic rings. The fraction of sp³-hybridized carbons (Fsp3) is 0.400. The van der Waals surface area contributed by atoms with Crippen LogP contribution < -0.4 is 11.1 Å². The summed E-state index contributed by atoms with van der Waals surface area (Å²) in [5, 5.41) is 11.5. The predicted molar refractivity (Wildman–Crippen MR) is 81.7 cm³/mol. The zero-order valence-electron chi connectivity index (χ0n) is 12.6. The maximum atomic E-state index is 11.1. The number of anilines is 1. The molecule has 0 atom stereocenters. The average Bonchev–Trinajstić information content (AvgIpc) is 2.86. The molecule has 0 unspecified atom stereocenters. The van der Waals surface area contributed by atoms with E-state index in [1.165, 1.54) is 0 Å². The van der Waals surface area contributed by atoms with E-state index in [0.29, 0.717) is 6.54 Å². The number of nitrogens with two attached hydrogens (primary N) is 1. The van der Waals surface area contributed by atoms with Crippen molar-refractivity contribution in [3.05, 3.63) is 41.7 Å². The van der Waals surface area contributed by atoms with Gasteiger partial charge in [0.2, 0.25) is 5.91 Å². The Bertz CT molecular complexity index is 627. The van der Waals surface area contributed by atoms with E-state index in [1.54, 1.807) is 0 Å². The molecule has 0 saturated carbocycles. The van der Waals surface area contributed by atoms with Crippen LogP contribution in [0.5, 0.6) is 0 Å². The van der Waals surface area contributed by atoms with Crippen LogP contribution in [0.4, 0.5) is 5.69 Å². The van der Waals surface area contributed by atoms with E-state index in [9.17, 15) is 4.79 Å². The first-order chi connectivity index (χ1) is 9.86. The van der Waals surface area contributed by atoms with Gasteiger partial charge in [-0.05, 0) is 32.4 Å². The van der Waals surface area contributed by atoms with Gasteiger partial charge in [0.15, 0.2) is 0 Å². The predicted octanol–water partition coefficient (Wildman–Crippen LogP) is 1.67. The molecular formula is C15H21N5O. The second-order valence-electron chi connectivity index (χ2n) is 5.98. The van der Waals surface area contributed by atoms with Crippen LogP contribution in [0, 0.1) is 0 Å². The molecule has 112 valence electrons. The van der Waals surface area contributed by atoms with Crippen molar-refractivity contribution < 1.29 is 4.79 Å². The van der Waals surface area contributed by atoms with Crippen molar-refractivity contribution in [2.75, 3.05) is 5.32 Å². The average molecular weight is 287 g/mol. The number of carbonyl (C=O) groups excluding carboxylic acids is 1. The number of amides is 1. The third-order valence-corrected chi connectivity index (χ3v) is 3.07. The van der Waals surface area contributed by atoms with Crippen LogP contribution in [0.1, 0.15) is 32.0 Å². The van der Waals surface area contributed by atoms with E-state index in [2.05, 4.69) is 36.4 Å². The van der Waals surface area contributed by atoms with Gasteiger partial charge < -0.3 is 11.1 Å². The van der Waals surface area contributed by atoms with Gasteiger partial charge in [-0.15, -0.1) is 5.10 Å². The molecule has 2 rings (SSSR count). The number of aromatic nitrogens is 3. The molecular weight excluding hydrogens is 266 g/mol. The molecule has 0 spiro atoms. The fourth-order valence-corrected chi connectivity index (χ4v) is 1.93. The van der Waals surface area contributed by atoms with Crippen molar-refractivity contribution in [3.8, 4) is 0 Å². The van der Waals surface area contributed by atoms with Gasteiger partial charge in [-0.1, -0.05) is 23.4 Å². The molecule has 1 aromatic carbocycles. The second-order valence-corrected chi connectivity index (χ2v) is 5.98. The summed E-state index contributed by atoms with van der Waals surface area (Å²) in [6.45, 7) is 6.76. The Morgan fingerprint density at radius 2 is 2.05 bits per heavy atom. The molecule has 0 bridgehead atoms. The summed E-state index contributed by atoms with van der Waals surface area (Å²) >= 11 is 0. The van der Waals surface area contributed by atoms with Gasteiger partial charge in [0.1, 0.15) is 5.69 Å². The molecule has 0 aliphatic carbocycles. The molecule has 21 heavy (non-hydrogen) atoms. The highest BCUT2D eigenvalue weighted by Gasteiger charge is 2.15. The van der Waals surface area contributed by atoms with Gasteiger partial charge in [0.25, 0.3) is 0 Å². The van der Waals surface area contributed by atoms with Gasteiger partial charge in [0, 0.05) is 5.69 Å². The van der Waals surface area contributed by atoms with Crippen molar-refractivity contribution in [2.45, 2.75) is 39.3 Å². The van der Waals surface area contributed by atoms with Crippen LogP contribution in [0.25, 0.3) is 0 Å². The van der Waals surface area contributed by atoms with Crippen LogP contribution in [0.15, 0.2) is 30.5 Å².